The van der Waals surface area contributed by atoms with Gasteiger partial charge in [0.25, 0.3) is 30.3 Å². The zero-order valence-corrected chi connectivity index (χ0v) is 22.8. The van der Waals surface area contributed by atoms with Crippen molar-refractivity contribution in [2.24, 2.45) is 0 Å². The van der Waals surface area contributed by atoms with Crippen molar-refractivity contribution in [2.45, 2.75) is 14.7 Å². The quantitative estimate of drug-likeness (QED) is 0.0941. The molecule has 1 aromatic heterocycles. The highest BCUT2D eigenvalue weighted by atomic mass is 32.2. The van der Waals surface area contributed by atoms with Gasteiger partial charge in [0.15, 0.2) is 5.75 Å². The van der Waals surface area contributed by atoms with E-state index in [0.717, 1.165) is 60.8 Å². The van der Waals surface area contributed by atoms with Gasteiger partial charge >= 0.3 is 5.97 Å². The maximum absolute atomic E-state index is 13.2. The van der Waals surface area contributed by atoms with E-state index in [-0.39, 0.29) is 33.4 Å². The number of hydrogen-bond donors (Lipinski definition) is 6. The van der Waals surface area contributed by atoms with Crippen LogP contribution in [0.5, 0.6) is 5.75 Å². The number of rotatable bonds is 8. The number of nitrogens with one attached hydrogen (secondary N) is 1. The maximum atomic E-state index is 13.2. The number of sulfonamides is 1. The minimum atomic E-state index is -4.95. The summed E-state index contributed by atoms with van der Waals surface area (Å²) in [6.45, 7) is 0. The second kappa shape index (κ2) is 10.5. The van der Waals surface area contributed by atoms with Crippen LogP contribution < -0.4 is 10.5 Å². The Hall–Kier alpha value is -4.55. The molecule has 214 valence electrons. The number of hydrogen-bond acceptors (Lipinski definition) is 10. The summed E-state index contributed by atoms with van der Waals surface area (Å²) in [5, 5.41) is 19.3. The fraction of sp³-hybridized carbons (Fsp3) is 0. The standard InChI is InChI=1S/C24H19N3O11S3/c25-15-5-3-13(20(11-15)40(33,34)35)1-2-14-4-6-16(12-21(14)41(36,37)38)27-39(31,32)19-9-10-26-22-17(19)7-8-18(23(22)28)24(29)30/h1-12,27-28H,25H2,(H,29,30)(H,33,34,35)(H,36,37,38)/b2-1+. The molecule has 0 atom stereocenters. The number of carboxylic acid groups (broad SMARTS) is 1. The van der Waals surface area contributed by atoms with Gasteiger partial charge in [0.05, 0.1) is 10.6 Å². The summed E-state index contributed by atoms with van der Waals surface area (Å²) >= 11 is 0. The van der Waals surface area contributed by atoms with Crippen LogP contribution in [-0.2, 0) is 30.3 Å². The van der Waals surface area contributed by atoms with Crippen LogP contribution in [0.1, 0.15) is 21.5 Å². The molecule has 0 aliphatic rings. The lowest BCUT2D eigenvalue weighted by molar-refractivity contribution is 0.0694. The molecule has 0 aliphatic carbocycles. The smallest absolute Gasteiger partial charge is 0.339 e. The highest BCUT2D eigenvalue weighted by molar-refractivity contribution is 7.93. The SMILES string of the molecule is Nc1ccc(/C=C/c2ccc(NS(=O)(=O)c3ccnc4c(O)c(C(=O)O)ccc34)cc2S(=O)(=O)O)c(S(=O)(=O)O)c1. The monoisotopic (exact) mass is 621 g/mol. The van der Waals surface area contributed by atoms with Gasteiger partial charge in [0.2, 0.25) is 0 Å². The van der Waals surface area contributed by atoms with Crippen molar-refractivity contribution in [3.05, 3.63) is 77.5 Å². The Bertz CT molecular complexity index is 2090. The summed E-state index contributed by atoms with van der Waals surface area (Å²) in [5.74, 6) is -2.22. The number of pyridine rings is 1. The first-order chi connectivity index (χ1) is 19.0. The molecule has 0 saturated heterocycles. The number of phenols is 1. The maximum Gasteiger partial charge on any atom is 0.339 e. The van der Waals surface area contributed by atoms with Crippen molar-refractivity contribution >= 4 is 70.7 Å². The van der Waals surface area contributed by atoms with E-state index in [1.807, 2.05) is 0 Å². The number of benzene rings is 3. The first-order valence-corrected chi connectivity index (χ1v) is 15.4. The molecule has 0 fully saturated rings. The van der Waals surface area contributed by atoms with Gasteiger partial charge in [-0.05, 0) is 47.5 Å². The second-order valence-corrected chi connectivity index (χ2v) is 12.8. The summed E-state index contributed by atoms with van der Waals surface area (Å²) in [6, 6.07) is 9.86. The molecule has 4 rings (SSSR count). The van der Waals surface area contributed by atoms with Gasteiger partial charge in [-0.2, -0.15) is 16.8 Å². The van der Waals surface area contributed by atoms with Crippen molar-refractivity contribution in [3.63, 3.8) is 0 Å². The van der Waals surface area contributed by atoms with Crippen LogP contribution in [0.15, 0.2) is 75.5 Å². The fourth-order valence-electron chi connectivity index (χ4n) is 3.85. The van der Waals surface area contributed by atoms with E-state index in [9.17, 15) is 49.4 Å². The molecular weight excluding hydrogens is 602 g/mol. The summed E-state index contributed by atoms with van der Waals surface area (Å²) < 4.78 is 95.5. The average molecular weight is 622 g/mol. The lowest BCUT2D eigenvalue weighted by Crippen LogP contribution is -2.14. The molecule has 0 radical (unpaired) electrons. The number of nitrogens with zero attached hydrogens (tertiary/aromatic N) is 1. The molecule has 0 amide bonds. The Morgan fingerprint density at radius 2 is 1.39 bits per heavy atom. The molecule has 0 unspecified atom stereocenters. The molecule has 1 heterocycles. The van der Waals surface area contributed by atoms with Crippen LogP contribution in [0.3, 0.4) is 0 Å². The fourth-order valence-corrected chi connectivity index (χ4v) is 6.52. The molecule has 41 heavy (non-hydrogen) atoms. The van der Waals surface area contributed by atoms with Crippen molar-refractivity contribution in [2.75, 3.05) is 10.5 Å². The third-order valence-corrected chi connectivity index (χ3v) is 8.93. The van der Waals surface area contributed by atoms with E-state index >= 15 is 0 Å². The Balaban J connectivity index is 1.76. The first-order valence-electron chi connectivity index (χ1n) is 11.0. The molecule has 0 aliphatic heterocycles. The van der Waals surface area contributed by atoms with E-state index in [0.29, 0.717) is 0 Å². The van der Waals surface area contributed by atoms with Gasteiger partial charge in [-0.15, -0.1) is 0 Å². The average Bonchev–Trinajstić information content (AvgIpc) is 2.87. The van der Waals surface area contributed by atoms with Crippen molar-refractivity contribution in [1.82, 2.24) is 4.98 Å². The number of carboxylic acids is 1. The van der Waals surface area contributed by atoms with E-state index in [1.165, 1.54) is 12.1 Å². The molecule has 14 nitrogen and oxygen atoms in total. The lowest BCUT2D eigenvalue weighted by Gasteiger charge is -2.13. The number of anilines is 2. The van der Waals surface area contributed by atoms with Gasteiger partial charge in [-0.25, -0.2) is 13.2 Å². The predicted molar refractivity (Wildman–Crippen MR) is 147 cm³/mol. The number of aromatic nitrogens is 1. The summed E-state index contributed by atoms with van der Waals surface area (Å²) in [5.41, 5.74) is 4.25. The third-order valence-electron chi connectivity index (χ3n) is 5.67. The van der Waals surface area contributed by atoms with Gasteiger partial charge in [-0.1, -0.05) is 30.4 Å². The number of aromatic carboxylic acids is 1. The summed E-state index contributed by atoms with van der Waals surface area (Å²) in [6.07, 6.45) is 3.27. The van der Waals surface area contributed by atoms with Crippen LogP contribution in [0.2, 0.25) is 0 Å². The van der Waals surface area contributed by atoms with E-state index in [4.69, 9.17) is 5.73 Å². The molecule has 0 saturated carbocycles. The van der Waals surface area contributed by atoms with Crippen molar-refractivity contribution in [3.8, 4) is 5.75 Å². The van der Waals surface area contributed by atoms with Gasteiger partial charge in [-0.3, -0.25) is 18.8 Å². The second-order valence-electron chi connectivity index (χ2n) is 8.41. The molecular formula is C24H19N3O11S3. The molecule has 0 bridgehead atoms. The van der Waals surface area contributed by atoms with E-state index in [2.05, 4.69) is 9.71 Å². The highest BCUT2D eigenvalue weighted by Crippen LogP contribution is 2.32. The molecule has 0 spiro atoms. The number of carbonyl (C=O) groups is 1. The van der Waals surface area contributed by atoms with Crippen LogP contribution >= 0.6 is 0 Å². The van der Waals surface area contributed by atoms with Crippen LogP contribution in [0.4, 0.5) is 11.4 Å². The van der Waals surface area contributed by atoms with E-state index in [1.54, 1.807) is 0 Å². The molecule has 7 N–H and O–H groups in total. The Labute approximate surface area is 233 Å². The van der Waals surface area contributed by atoms with Gasteiger partial charge in [0, 0.05) is 17.3 Å². The highest BCUT2D eigenvalue weighted by Gasteiger charge is 2.23. The topological polar surface area (TPSA) is 251 Å². The molecule has 3 aromatic carbocycles. The van der Waals surface area contributed by atoms with Crippen molar-refractivity contribution in [1.29, 1.82) is 0 Å². The minimum Gasteiger partial charge on any atom is -0.505 e. The summed E-state index contributed by atoms with van der Waals surface area (Å²) in [7, 11) is -14.1. The first kappa shape index (κ1) is 29.4. The van der Waals surface area contributed by atoms with Gasteiger partial charge < -0.3 is 15.9 Å². The number of nitrogen functional groups attached to an aromatic ring is 1. The van der Waals surface area contributed by atoms with E-state index < -0.39 is 62.2 Å². The zero-order chi connectivity index (χ0) is 30.3. The molecule has 17 heteroatoms. The van der Waals surface area contributed by atoms with Crippen LogP contribution in [-0.4, -0.2) is 55.5 Å². The molecule has 4 aromatic rings. The largest absolute Gasteiger partial charge is 0.505 e. The number of aromatic hydroxyl groups is 1. The number of fused-ring (bicyclic) bond motifs is 1. The van der Waals surface area contributed by atoms with Crippen LogP contribution in [0, 0.1) is 0 Å². The normalized spacial score (nSPS) is 12.5. The Morgan fingerprint density at radius 3 is 1.98 bits per heavy atom. The minimum absolute atomic E-state index is 0.0320. The van der Waals surface area contributed by atoms with Crippen molar-refractivity contribution < 1.29 is 49.4 Å². The lowest BCUT2D eigenvalue weighted by atomic mass is 10.1. The Kier molecular flexibility index (Phi) is 7.50. The zero-order valence-electron chi connectivity index (χ0n) is 20.3. The van der Waals surface area contributed by atoms with Gasteiger partial charge in [0.1, 0.15) is 20.9 Å². The number of nitrogens with two attached hydrogens (primary N) is 1. The van der Waals surface area contributed by atoms with Crippen LogP contribution in [0.25, 0.3) is 23.1 Å². The Morgan fingerprint density at radius 1 is 0.805 bits per heavy atom. The summed E-state index contributed by atoms with van der Waals surface area (Å²) in [4.78, 5) is 13.4. The predicted octanol–water partition coefficient (Wildman–Crippen LogP) is 2.69. The third kappa shape index (κ3) is 6.13.